The number of esters is 1. The quantitative estimate of drug-likeness (QED) is 0.751. The third kappa shape index (κ3) is 3.93. The van der Waals surface area contributed by atoms with Gasteiger partial charge in [0, 0.05) is 19.2 Å². The molecule has 0 unspecified atom stereocenters. The molecule has 5 nitrogen and oxygen atoms in total. The van der Waals surface area contributed by atoms with Crippen molar-refractivity contribution in [1.29, 1.82) is 0 Å². The van der Waals surface area contributed by atoms with Gasteiger partial charge in [-0.3, -0.25) is 0 Å². The molecule has 0 saturated heterocycles. The van der Waals surface area contributed by atoms with Crippen LogP contribution in [-0.4, -0.2) is 34.8 Å². The number of imidazole rings is 1. The molecule has 27 heavy (non-hydrogen) atoms. The molecule has 2 aliphatic rings. The van der Waals surface area contributed by atoms with Gasteiger partial charge in [0.05, 0.1) is 11.8 Å². The van der Waals surface area contributed by atoms with E-state index in [-0.39, 0.29) is 12.1 Å². The number of rotatable bonds is 4. The van der Waals surface area contributed by atoms with Gasteiger partial charge >= 0.3 is 5.97 Å². The average Bonchev–Trinajstić information content (AvgIpc) is 2.90. The van der Waals surface area contributed by atoms with Crippen molar-refractivity contribution in [3.63, 3.8) is 0 Å². The summed E-state index contributed by atoms with van der Waals surface area (Å²) >= 11 is 0. The second-order valence-corrected chi connectivity index (χ2v) is 7.60. The molecule has 4 rings (SSSR count). The van der Waals surface area contributed by atoms with E-state index in [1.807, 2.05) is 18.2 Å². The fourth-order valence-corrected chi connectivity index (χ4v) is 4.28. The van der Waals surface area contributed by atoms with Crippen molar-refractivity contribution in [3.8, 4) is 11.4 Å². The van der Waals surface area contributed by atoms with Crippen molar-refractivity contribution in [3.05, 3.63) is 41.7 Å². The van der Waals surface area contributed by atoms with Gasteiger partial charge in [0.2, 0.25) is 0 Å². The van der Waals surface area contributed by atoms with Gasteiger partial charge in [0.25, 0.3) is 0 Å². The normalized spacial score (nSPS) is 22.7. The Hall–Kier alpha value is -2.14. The van der Waals surface area contributed by atoms with E-state index in [1.165, 1.54) is 6.42 Å². The van der Waals surface area contributed by atoms with E-state index in [2.05, 4.69) is 16.7 Å². The third-order valence-corrected chi connectivity index (χ3v) is 5.82. The average molecular weight is 368 g/mol. The van der Waals surface area contributed by atoms with Gasteiger partial charge in [0.1, 0.15) is 11.9 Å². The van der Waals surface area contributed by atoms with Gasteiger partial charge in [-0.2, -0.15) is 0 Å². The van der Waals surface area contributed by atoms with Gasteiger partial charge in [-0.1, -0.05) is 36.8 Å². The molecular formula is C22H28N2O3. The Morgan fingerprint density at radius 1 is 1.04 bits per heavy atom. The van der Waals surface area contributed by atoms with Crippen LogP contribution in [0.25, 0.3) is 11.4 Å². The Morgan fingerprint density at radius 2 is 1.78 bits per heavy atom. The monoisotopic (exact) mass is 368 g/mol. The number of fused-ring (bicyclic) bond motifs is 1. The third-order valence-electron chi connectivity index (χ3n) is 5.82. The fourth-order valence-electron chi connectivity index (χ4n) is 4.28. The van der Waals surface area contributed by atoms with E-state index in [0.717, 1.165) is 68.6 Å². The van der Waals surface area contributed by atoms with Crippen LogP contribution < -0.4 is 0 Å². The van der Waals surface area contributed by atoms with Crippen LogP contribution in [0.3, 0.4) is 0 Å². The first-order chi connectivity index (χ1) is 13.3. The van der Waals surface area contributed by atoms with Crippen LogP contribution in [0.2, 0.25) is 0 Å². The summed E-state index contributed by atoms with van der Waals surface area (Å²) in [7, 11) is 1.75. The molecule has 0 bridgehead atoms. The van der Waals surface area contributed by atoms with E-state index in [9.17, 15) is 4.79 Å². The van der Waals surface area contributed by atoms with Crippen molar-refractivity contribution < 1.29 is 14.3 Å². The summed E-state index contributed by atoms with van der Waals surface area (Å²) in [5, 5.41) is 0. The summed E-state index contributed by atoms with van der Waals surface area (Å²) in [5.74, 6) is 0.631. The predicted molar refractivity (Wildman–Crippen MR) is 104 cm³/mol. The van der Waals surface area contributed by atoms with Crippen molar-refractivity contribution in [2.45, 2.75) is 70.1 Å². The summed E-state index contributed by atoms with van der Waals surface area (Å²) in [5.41, 5.74) is 2.62. The van der Waals surface area contributed by atoms with Gasteiger partial charge in [-0.15, -0.1) is 0 Å². The minimum atomic E-state index is -0.260. The maximum atomic E-state index is 13.0. The molecule has 2 heterocycles. The summed E-state index contributed by atoms with van der Waals surface area (Å²) < 4.78 is 13.5. The summed E-state index contributed by atoms with van der Waals surface area (Å²) in [6, 6.07) is 10.1. The topological polar surface area (TPSA) is 53.4 Å². The molecular weight excluding hydrogens is 340 g/mol. The molecule has 1 fully saturated rings. The van der Waals surface area contributed by atoms with Gasteiger partial charge in [-0.05, 0) is 44.9 Å². The van der Waals surface area contributed by atoms with Crippen molar-refractivity contribution in [2.75, 3.05) is 7.11 Å². The molecule has 0 spiro atoms. The summed E-state index contributed by atoms with van der Waals surface area (Å²) in [6.45, 7) is 0.915. The molecule has 1 saturated carbocycles. The standard InChI is InChI=1S/C22H28N2O3/c1-26-17-11-13-18(14-12-17)27-22(25)20-19-10-6-3-7-15-24(19)21(23-20)16-8-4-2-5-9-16/h2,4-5,8-9,17-18H,3,6-7,10-15H2,1H3. The van der Waals surface area contributed by atoms with E-state index >= 15 is 0 Å². The lowest BCUT2D eigenvalue weighted by atomic mass is 9.95. The van der Waals surface area contributed by atoms with Crippen molar-refractivity contribution in [2.24, 2.45) is 0 Å². The lowest BCUT2D eigenvalue weighted by Crippen LogP contribution is -2.28. The first kappa shape index (κ1) is 18.2. The number of hydrogen-bond donors (Lipinski definition) is 0. The minimum Gasteiger partial charge on any atom is -0.458 e. The lowest BCUT2D eigenvalue weighted by molar-refractivity contribution is -0.00588. The Morgan fingerprint density at radius 3 is 2.52 bits per heavy atom. The number of hydrogen-bond acceptors (Lipinski definition) is 4. The second-order valence-electron chi connectivity index (χ2n) is 7.60. The van der Waals surface area contributed by atoms with Gasteiger partial charge in [-0.25, -0.2) is 9.78 Å². The number of nitrogens with zero attached hydrogens (tertiary/aromatic N) is 2. The lowest BCUT2D eigenvalue weighted by Gasteiger charge is -2.27. The molecule has 1 aromatic heterocycles. The molecule has 2 aromatic rings. The van der Waals surface area contributed by atoms with Crippen LogP contribution in [0, 0.1) is 0 Å². The molecule has 1 aromatic carbocycles. The second kappa shape index (κ2) is 8.26. The van der Waals surface area contributed by atoms with Crippen LogP contribution in [0.5, 0.6) is 0 Å². The van der Waals surface area contributed by atoms with Crippen molar-refractivity contribution >= 4 is 5.97 Å². The van der Waals surface area contributed by atoms with Crippen LogP contribution in [-0.2, 0) is 22.4 Å². The summed E-state index contributed by atoms with van der Waals surface area (Å²) in [6.07, 6.45) is 8.21. The molecule has 0 amide bonds. The van der Waals surface area contributed by atoms with E-state index in [0.29, 0.717) is 11.8 Å². The Balaban J connectivity index is 1.58. The molecule has 0 radical (unpaired) electrons. The van der Waals surface area contributed by atoms with Gasteiger partial charge < -0.3 is 14.0 Å². The Labute approximate surface area is 160 Å². The smallest absolute Gasteiger partial charge is 0.359 e. The number of methoxy groups -OCH3 is 1. The first-order valence-electron chi connectivity index (χ1n) is 10.1. The molecule has 0 atom stereocenters. The fraction of sp³-hybridized carbons (Fsp3) is 0.545. The summed E-state index contributed by atoms with van der Waals surface area (Å²) in [4.78, 5) is 17.7. The number of aromatic nitrogens is 2. The van der Waals surface area contributed by atoms with E-state index in [1.54, 1.807) is 7.11 Å². The predicted octanol–water partition coefficient (Wildman–Crippen LogP) is 4.39. The maximum absolute atomic E-state index is 13.0. The minimum absolute atomic E-state index is 0.0211. The molecule has 0 N–H and O–H groups in total. The molecule has 144 valence electrons. The highest BCUT2D eigenvalue weighted by atomic mass is 16.5. The van der Waals surface area contributed by atoms with Crippen LogP contribution in [0.4, 0.5) is 0 Å². The maximum Gasteiger partial charge on any atom is 0.359 e. The molecule has 1 aliphatic carbocycles. The largest absolute Gasteiger partial charge is 0.458 e. The zero-order valence-corrected chi connectivity index (χ0v) is 16.0. The number of carbonyl (C=O) groups is 1. The first-order valence-corrected chi connectivity index (χ1v) is 10.1. The van der Waals surface area contributed by atoms with Crippen LogP contribution in [0.1, 0.15) is 61.1 Å². The van der Waals surface area contributed by atoms with E-state index < -0.39 is 0 Å². The van der Waals surface area contributed by atoms with E-state index in [4.69, 9.17) is 14.5 Å². The highest BCUT2D eigenvalue weighted by Crippen LogP contribution is 2.29. The Bertz CT molecular complexity index is 776. The SMILES string of the molecule is COC1CCC(OC(=O)c2nc(-c3ccccc3)n3c2CCCCC3)CC1. The highest BCUT2D eigenvalue weighted by Gasteiger charge is 2.29. The van der Waals surface area contributed by atoms with Gasteiger partial charge in [0.15, 0.2) is 5.69 Å². The Kier molecular flexibility index (Phi) is 5.58. The molecule has 1 aliphatic heterocycles. The van der Waals surface area contributed by atoms with Crippen LogP contribution in [0.15, 0.2) is 30.3 Å². The zero-order chi connectivity index (χ0) is 18.6. The number of carbonyl (C=O) groups excluding carboxylic acids is 1. The van der Waals surface area contributed by atoms with Crippen LogP contribution >= 0.6 is 0 Å². The number of ether oxygens (including phenoxy) is 2. The number of benzene rings is 1. The highest BCUT2D eigenvalue weighted by molar-refractivity contribution is 5.90. The molecule has 5 heteroatoms. The zero-order valence-electron chi connectivity index (χ0n) is 16.0. The van der Waals surface area contributed by atoms with Crippen molar-refractivity contribution in [1.82, 2.24) is 9.55 Å².